The van der Waals surface area contributed by atoms with E-state index < -0.39 is 27.6 Å². The van der Waals surface area contributed by atoms with Crippen LogP contribution in [-0.2, 0) is 26.0 Å². The predicted molar refractivity (Wildman–Crippen MR) is 140 cm³/mol. The molecule has 0 bridgehead atoms. The van der Waals surface area contributed by atoms with Crippen molar-refractivity contribution in [2.75, 3.05) is 25.4 Å². The van der Waals surface area contributed by atoms with Gasteiger partial charge in [-0.05, 0) is 49.7 Å². The fourth-order valence-corrected chi connectivity index (χ4v) is 6.75. The lowest BCUT2D eigenvalue weighted by molar-refractivity contribution is -0.145. The molecular weight excluding hydrogens is 492 g/mol. The van der Waals surface area contributed by atoms with Gasteiger partial charge in [-0.1, -0.05) is 25.1 Å². The molecule has 1 fully saturated rings. The van der Waals surface area contributed by atoms with Crippen molar-refractivity contribution in [3.63, 3.8) is 0 Å². The van der Waals surface area contributed by atoms with Crippen molar-refractivity contribution in [3.8, 4) is 5.75 Å². The molecular formula is C28H32N2O6S. The van der Waals surface area contributed by atoms with E-state index >= 15 is 0 Å². The van der Waals surface area contributed by atoms with Crippen LogP contribution < -0.4 is 4.74 Å². The first kappa shape index (κ1) is 26.8. The summed E-state index contributed by atoms with van der Waals surface area (Å²) in [5.74, 6) is -0.224. The molecule has 0 saturated carbocycles. The molecule has 0 unspecified atom stereocenters. The van der Waals surface area contributed by atoms with Crippen molar-refractivity contribution in [1.82, 2.24) is 9.88 Å². The number of aryl methyl sites for hydroxylation is 1. The van der Waals surface area contributed by atoms with Gasteiger partial charge in [0.1, 0.15) is 19.0 Å². The molecule has 9 heteroatoms. The zero-order valence-corrected chi connectivity index (χ0v) is 22.0. The van der Waals surface area contributed by atoms with Crippen LogP contribution in [-0.4, -0.2) is 60.5 Å². The highest BCUT2D eigenvalue weighted by Crippen LogP contribution is 2.38. The van der Waals surface area contributed by atoms with Gasteiger partial charge in [0.2, 0.25) is 5.91 Å². The van der Waals surface area contributed by atoms with Gasteiger partial charge in [0.25, 0.3) is 0 Å². The molecule has 0 aliphatic carbocycles. The first-order valence-corrected chi connectivity index (χ1v) is 14.0. The number of sulfone groups is 1. The minimum absolute atomic E-state index is 0.0503. The highest BCUT2D eigenvalue weighted by atomic mass is 32.2. The molecule has 8 nitrogen and oxygen atoms in total. The maximum atomic E-state index is 13.3. The standard InChI is InChI=1S/C28H32N2O6S/c1-3-6-27(33)30-17-28(18-30,14-22(32)15-31)19-37(34,35)24-11-9-23(10-12-24)36-16-21-13-20(2)29-26-8-5-4-7-25(21)26/h4-5,7-13,31H,3,6,14-19H2,1-2H3. The molecule has 1 aromatic heterocycles. The van der Waals surface area contributed by atoms with E-state index in [1.807, 2.05) is 44.2 Å². The second kappa shape index (κ2) is 11.0. The van der Waals surface area contributed by atoms with Gasteiger partial charge in [-0.3, -0.25) is 14.6 Å². The molecule has 196 valence electrons. The van der Waals surface area contributed by atoms with Crippen LogP contribution in [0.4, 0.5) is 0 Å². The third-order valence-corrected chi connectivity index (χ3v) is 8.60. The number of Topliss-reactive ketones (excluding diaryl/α,β-unsaturated/α-hetero) is 1. The molecule has 3 aromatic rings. The Hall–Kier alpha value is -3.30. The smallest absolute Gasteiger partial charge is 0.222 e. The van der Waals surface area contributed by atoms with E-state index in [0.717, 1.165) is 22.2 Å². The lowest BCUT2D eigenvalue weighted by atomic mass is 9.77. The van der Waals surface area contributed by atoms with E-state index in [1.54, 1.807) is 17.0 Å². The Balaban J connectivity index is 1.45. The number of rotatable bonds is 11. The van der Waals surface area contributed by atoms with Crippen molar-refractivity contribution < 1.29 is 27.9 Å². The third kappa shape index (κ3) is 6.17. The Kier molecular flexibility index (Phi) is 7.94. The van der Waals surface area contributed by atoms with Gasteiger partial charge in [0.15, 0.2) is 15.6 Å². The second-order valence-corrected chi connectivity index (χ2v) is 11.8. The molecule has 1 saturated heterocycles. The quantitative estimate of drug-likeness (QED) is 0.409. The van der Waals surface area contributed by atoms with Gasteiger partial charge in [0, 0.05) is 48.0 Å². The van der Waals surface area contributed by atoms with Crippen molar-refractivity contribution in [1.29, 1.82) is 0 Å². The third-order valence-electron chi connectivity index (χ3n) is 6.62. The number of ether oxygens (including phenoxy) is 1. The van der Waals surface area contributed by atoms with E-state index in [1.165, 1.54) is 12.1 Å². The summed E-state index contributed by atoms with van der Waals surface area (Å²) in [5.41, 5.74) is 1.88. The Morgan fingerprint density at radius 1 is 1.11 bits per heavy atom. The predicted octanol–water partition coefficient (Wildman–Crippen LogP) is 3.48. The minimum atomic E-state index is -3.75. The number of likely N-dealkylation sites (tertiary alicyclic amines) is 1. The van der Waals surface area contributed by atoms with Crippen molar-refractivity contribution >= 4 is 32.4 Å². The minimum Gasteiger partial charge on any atom is -0.489 e. The molecule has 2 aromatic carbocycles. The molecule has 0 spiro atoms. The molecule has 1 N–H and O–H groups in total. The number of fused-ring (bicyclic) bond motifs is 1. The van der Waals surface area contributed by atoms with E-state index in [9.17, 15) is 23.1 Å². The Bertz CT molecular complexity index is 1400. The van der Waals surface area contributed by atoms with Crippen molar-refractivity contribution in [3.05, 3.63) is 65.9 Å². The first-order chi connectivity index (χ1) is 17.6. The molecule has 1 aliphatic heterocycles. The highest BCUT2D eigenvalue weighted by molar-refractivity contribution is 7.91. The Labute approximate surface area is 217 Å². The van der Waals surface area contributed by atoms with Crippen molar-refractivity contribution in [2.45, 2.75) is 44.6 Å². The van der Waals surface area contributed by atoms with Gasteiger partial charge < -0.3 is 14.7 Å². The van der Waals surface area contributed by atoms with Crippen LogP contribution in [0.5, 0.6) is 5.75 Å². The normalized spacial score (nSPS) is 14.8. The Morgan fingerprint density at radius 3 is 2.49 bits per heavy atom. The SMILES string of the molecule is CCCC(=O)N1CC(CC(=O)CO)(CS(=O)(=O)c2ccc(OCc3cc(C)nc4ccccc34)cc2)C1. The number of aliphatic hydroxyl groups is 1. The number of nitrogens with zero attached hydrogens (tertiary/aromatic N) is 2. The van der Waals surface area contributed by atoms with E-state index in [4.69, 9.17) is 4.74 Å². The van der Waals surface area contributed by atoms with Gasteiger partial charge in [-0.2, -0.15) is 0 Å². The average molecular weight is 525 g/mol. The molecule has 1 amide bonds. The molecule has 2 heterocycles. The topological polar surface area (TPSA) is 114 Å². The van der Waals surface area contributed by atoms with E-state index in [2.05, 4.69) is 4.98 Å². The maximum Gasteiger partial charge on any atom is 0.222 e. The lowest BCUT2D eigenvalue weighted by Gasteiger charge is -2.49. The largest absolute Gasteiger partial charge is 0.489 e. The maximum absolute atomic E-state index is 13.3. The van der Waals surface area contributed by atoms with Crippen LogP contribution >= 0.6 is 0 Å². The molecule has 37 heavy (non-hydrogen) atoms. The fraction of sp³-hybridized carbons (Fsp3) is 0.393. The fourth-order valence-electron chi connectivity index (χ4n) is 4.95. The average Bonchev–Trinajstić information content (AvgIpc) is 2.85. The zero-order valence-electron chi connectivity index (χ0n) is 21.1. The summed E-state index contributed by atoms with van der Waals surface area (Å²) in [6.45, 7) is 3.87. The van der Waals surface area contributed by atoms with E-state index in [0.29, 0.717) is 25.2 Å². The van der Waals surface area contributed by atoms with Crippen LogP contribution in [0, 0.1) is 12.3 Å². The number of benzene rings is 2. The number of aromatic nitrogens is 1. The number of carbonyl (C=O) groups is 2. The molecule has 0 atom stereocenters. The molecule has 0 radical (unpaired) electrons. The lowest BCUT2D eigenvalue weighted by Crippen LogP contribution is -2.61. The van der Waals surface area contributed by atoms with Crippen LogP contribution in [0.3, 0.4) is 0 Å². The number of amides is 1. The highest BCUT2D eigenvalue weighted by Gasteiger charge is 2.48. The molecule has 1 aliphatic rings. The van der Waals surface area contributed by atoms with Crippen LogP contribution in [0.2, 0.25) is 0 Å². The van der Waals surface area contributed by atoms with Gasteiger partial charge >= 0.3 is 0 Å². The number of aliphatic hydroxyl groups excluding tert-OH is 1. The van der Waals surface area contributed by atoms with E-state index in [-0.39, 0.29) is 36.1 Å². The summed E-state index contributed by atoms with van der Waals surface area (Å²) in [5, 5.41) is 10.2. The summed E-state index contributed by atoms with van der Waals surface area (Å²) < 4.78 is 32.5. The van der Waals surface area contributed by atoms with Gasteiger partial charge in [-0.15, -0.1) is 0 Å². The van der Waals surface area contributed by atoms with Gasteiger partial charge in [-0.25, -0.2) is 8.42 Å². The molecule has 4 rings (SSSR count). The number of hydrogen-bond donors (Lipinski definition) is 1. The van der Waals surface area contributed by atoms with Crippen LogP contribution in [0.25, 0.3) is 10.9 Å². The zero-order chi connectivity index (χ0) is 26.6. The monoisotopic (exact) mass is 524 g/mol. The summed E-state index contributed by atoms with van der Waals surface area (Å²) in [6.07, 6.45) is 0.994. The summed E-state index contributed by atoms with van der Waals surface area (Å²) >= 11 is 0. The van der Waals surface area contributed by atoms with Crippen LogP contribution in [0.1, 0.15) is 37.4 Å². The number of ketones is 1. The Morgan fingerprint density at radius 2 is 1.81 bits per heavy atom. The number of carbonyl (C=O) groups excluding carboxylic acids is 2. The summed E-state index contributed by atoms with van der Waals surface area (Å²) in [6, 6.07) is 16.0. The number of hydrogen-bond acceptors (Lipinski definition) is 7. The first-order valence-electron chi connectivity index (χ1n) is 12.4. The second-order valence-electron chi connectivity index (χ2n) is 9.83. The summed E-state index contributed by atoms with van der Waals surface area (Å²) in [4.78, 5) is 30.5. The number of pyridine rings is 1. The van der Waals surface area contributed by atoms with Gasteiger partial charge in [0.05, 0.1) is 16.2 Å². The van der Waals surface area contributed by atoms with Crippen LogP contribution in [0.15, 0.2) is 59.5 Å². The summed E-state index contributed by atoms with van der Waals surface area (Å²) in [7, 11) is -3.75. The number of para-hydroxylation sites is 1. The van der Waals surface area contributed by atoms with Crippen molar-refractivity contribution in [2.24, 2.45) is 5.41 Å².